The first-order chi connectivity index (χ1) is 6.75. The summed E-state index contributed by atoms with van der Waals surface area (Å²) >= 11 is 0. The molecule has 0 spiro atoms. The number of benzene rings is 1. The van der Waals surface area contributed by atoms with Crippen molar-refractivity contribution in [3.8, 4) is 0 Å². The van der Waals surface area contributed by atoms with Crippen LogP contribution in [0.1, 0.15) is 24.5 Å². The Morgan fingerprint density at radius 3 is 2.86 bits per heavy atom. The number of likely N-dealkylation sites (tertiary alicyclic amines) is 1. The standard InChI is InChI=1S/C13H17N/c1-11-7-8-14(9-11)10-13-6-4-3-5-12(13)2/h2-6,11H,7-10H2,1H3. The third-order valence-electron chi connectivity index (χ3n) is 2.96. The van der Waals surface area contributed by atoms with E-state index in [1.165, 1.54) is 25.1 Å². The van der Waals surface area contributed by atoms with Crippen LogP contribution in [0.4, 0.5) is 0 Å². The zero-order valence-corrected chi connectivity index (χ0v) is 8.74. The Labute approximate surface area is 86.7 Å². The van der Waals surface area contributed by atoms with Crippen molar-refractivity contribution in [2.24, 2.45) is 5.92 Å². The van der Waals surface area contributed by atoms with Crippen molar-refractivity contribution in [2.75, 3.05) is 13.1 Å². The van der Waals surface area contributed by atoms with Gasteiger partial charge in [-0.15, -0.1) is 0 Å². The molecule has 1 atom stereocenters. The van der Waals surface area contributed by atoms with E-state index in [9.17, 15) is 0 Å². The lowest BCUT2D eigenvalue weighted by Gasteiger charge is -2.16. The third kappa shape index (κ3) is 2.16. The van der Waals surface area contributed by atoms with Gasteiger partial charge in [0.25, 0.3) is 0 Å². The summed E-state index contributed by atoms with van der Waals surface area (Å²) in [6.07, 6.45) is 1.33. The van der Waals surface area contributed by atoms with Crippen molar-refractivity contribution < 1.29 is 0 Å². The highest BCUT2D eigenvalue weighted by Crippen LogP contribution is 2.18. The Morgan fingerprint density at radius 2 is 2.21 bits per heavy atom. The van der Waals surface area contributed by atoms with Gasteiger partial charge in [0.2, 0.25) is 0 Å². The molecule has 0 N–H and O–H groups in total. The van der Waals surface area contributed by atoms with Gasteiger partial charge in [0.05, 0.1) is 0 Å². The first kappa shape index (κ1) is 9.72. The maximum Gasteiger partial charge on any atom is 0.0236 e. The highest BCUT2D eigenvalue weighted by atomic mass is 15.1. The smallest absolute Gasteiger partial charge is 0.0236 e. The summed E-state index contributed by atoms with van der Waals surface area (Å²) in [4.78, 5) is 2.48. The molecule has 74 valence electrons. The minimum atomic E-state index is 0.847. The van der Waals surface area contributed by atoms with Gasteiger partial charge in [-0.1, -0.05) is 31.2 Å². The Balaban J connectivity index is 2.01. The van der Waals surface area contributed by atoms with Crippen LogP contribution in [0.3, 0.4) is 0 Å². The van der Waals surface area contributed by atoms with Crippen molar-refractivity contribution in [3.05, 3.63) is 42.3 Å². The summed E-state index contributed by atoms with van der Waals surface area (Å²) in [5.41, 5.74) is 2.19. The van der Waals surface area contributed by atoms with E-state index in [-0.39, 0.29) is 0 Å². The van der Waals surface area contributed by atoms with E-state index in [1.807, 2.05) is 12.1 Å². The number of rotatable bonds is 2. The minimum absolute atomic E-state index is 0.847. The molecule has 1 unspecified atom stereocenters. The second-order valence-corrected chi connectivity index (χ2v) is 4.33. The molecule has 0 bridgehead atoms. The third-order valence-corrected chi connectivity index (χ3v) is 2.96. The van der Waals surface area contributed by atoms with Crippen LogP contribution >= 0.6 is 0 Å². The Bertz CT molecular complexity index is 306. The van der Waals surface area contributed by atoms with Crippen molar-refractivity contribution in [1.82, 2.24) is 4.90 Å². The second kappa shape index (κ2) is 4.14. The molecular weight excluding hydrogens is 170 g/mol. The molecule has 0 saturated carbocycles. The van der Waals surface area contributed by atoms with E-state index in [0.717, 1.165) is 18.0 Å². The van der Waals surface area contributed by atoms with Crippen LogP contribution in [0, 0.1) is 12.8 Å². The van der Waals surface area contributed by atoms with Gasteiger partial charge in [-0.3, -0.25) is 4.90 Å². The summed E-state index contributed by atoms with van der Waals surface area (Å²) in [5, 5.41) is 0. The second-order valence-electron chi connectivity index (χ2n) is 4.33. The molecule has 0 amide bonds. The lowest BCUT2D eigenvalue weighted by molar-refractivity contribution is 0.320. The molecule has 1 fully saturated rings. The van der Waals surface area contributed by atoms with Crippen LogP contribution in [-0.2, 0) is 6.54 Å². The van der Waals surface area contributed by atoms with Crippen LogP contribution < -0.4 is 0 Å². The Morgan fingerprint density at radius 1 is 1.43 bits per heavy atom. The van der Waals surface area contributed by atoms with Crippen LogP contribution in [0.5, 0.6) is 0 Å². The number of hydrogen-bond donors (Lipinski definition) is 0. The van der Waals surface area contributed by atoms with Gasteiger partial charge in [-0.25, -0.2) is 0 Å². The van der Waals surface area contributed by atoms with E-state index in [0.29, 0.717) is 0 Å². The molecule has 1 aromatic rings. The Hall–Kier alpha value is -0.820. The number of nitrogens with zero attached hydrogens (tertiary/aromatic N) is 1. The molecule has 1 aromatic carbocycles. The molecule has 1 aliphatic heterocycles. The van der Waals surface area contributed by atoms with Gasteiger partial charge < -0.3 is 0 Å². The molecule has 1 saturated heterocycles. The zero-order chi connectivity index (χ0) is 9.97. The molecule has 1 heterocycles. The van der Waals surface area contributed by atoms with E-state index < -0.39 is 0 Å². The lowest BCUT2D eigenvalue weighted by Crippen LogP contribution is -2.20. The molecule has 1 heteroatoms. The minimum Gasteiger partial charge on any atom is -0.299 e. The van der Waals surface area contributed by atoms with Gasteiger partial charge >= 0.3 is 0 Å². The largest absolute Gasteiger partial charge is 0.299 e. The molecule has 1 aliphatic rings. The van der Waals surface area contributed by atoms with Crippen molar-refractivity contribution in [2.45, 2.75) is 19.9 Å². The summed E-state index contributed by atoms with van der Waals surface area (Å²) in [6, 6.07) is 8.16. The normalized spacial score (nSPS) is 22.9. The quantitative estimate of drug-likeness (QED) is 0.688. The molecular formula is C13H17N. The average Bonchev–Trinajstić information content (AvgIpc) is 2.56. The first-order valence-electron chi connectivity index (χ1n) is 5.31. The maximum atomic E-state index is 5.91. The van der Waals surface area contributed by atoms with E-state index in [2.05, 4.69) is 24.0 Å². The van der Waals surface area contributed by atoms with Gasteiger partial charge in [0.15, 0.2) is 0 Å². The monoisotopic (exact) mass is 187 g/mol. The molecule has 0 aromatic heterocycles. The lowest BCUT2D eigenvalue weighted by atomic mass is 10.1. The average molecular weight is 187 g/mol. The van der Waals surface area contributed by atoms with Gasteiger partial charge in [0, 0.05) is 13.1 Å². The van der Waals surface area contributed by atoms with Crippen LogP contribution in [0.25, 0.3) is 0 Å². The topological polar surface area (TPSA) is 3.24 Å². The van der Waals surface area contributed by atoms with Crippen molar-refractivity contribution in [3.63, 3.8) is 0 Å². The van der Waals surface area contributed by atoms with E-state index in [4.69, 9.17) is 6.92 Å². The SMILES string of the molecule is [CH]c1ccccc1CN1CCC(C)C1. The number of hydrogen-bond acceptors (Lipinski definition) is 1. The molecule has 1 nitrogen and oxygen atoms in total. The van der Waals surface area contributed by atoms with Crippen LogP contribution in [0.15, 0.2) is 24.3 Å². The fourth-order valence-electron chi connectivity index (χ4n) is 2.09. The van der Waals surface area contributed by atoms with Crippen LogP contribution in [0.2, 0.25) is 0 Å². The van der Waals surface area contributed by atoms with E-state index >= 15 is 0 Å². The summed E-state index contributed by atoms with van der Waals surface area (Å²) in [7, 11) is 0. The zero-order valence-electron chi connectivity index (χ0n) is 8.74. The van der Waals surface area contributed by atoms with Gasteiger partial charge in [0.1, 0.15) is 0 Å². The fraction of sp³-hybridized carbons (Fsp3) is 0.462. The highest BCUT2D eigenvalue weighted by molar-refractivity contribution is 5.29. The maximum absolute atomic E-state index is 5.91. The van der Waals surface area contributed by atoms with Crippen molar-refractivity contribution in [1.29, 1.82) is 0 Å². The van der Waals surface area contributed by atoms with Gasteiger partial charge in [-0.05, 0) is 36.9 Å². The summed E-state index contributed by atoms with van der Waals surface area (Å²) in [5.74, 6) is 0.847. The van der Waals surface area contributed by atoms with E-state index in [1.54, 1.807) is 0 Å². The molecule has 2 radical (unpaired) electrons. The molecule has 14 heavy (non-hydrogen) atoms. The highest BCUT2D eigenvalue weighted by Gasteiger charge is 2.18. The Kier molecular flexibility index (Phi) is 2.87. The first-order valence-corrected chi connectivity index (χ1v) is 5.31. The van der Waals surface area contributed by atoms with Crippen molar-refractivity contribution >= 4 is 0 Å². The molecule has 0 aliphatic carbocycles. The summed E-state index contributed by atoms with van der Waals surface area (Å²) in [6.45, 7) is 11.7. The fourth-order valence-corrected chi connectivity index (χ4v) is 2.09. The molecule has 2 rings (SSSR count). The van der Waals surface area contributed by atoms with Gasteiger partial charge in [-0.2, -0.15) is 0 Å². The predicted octanol–water partition coefficient (Wildman–Crippen LogP) is 2.59. The predicted molar refractivity (Wildman–Crippen MR) is 58.9 cm³/mol. The summed E-state index contributed by atoms with van der Waals surface area (Å²) < 4.78 is 0. The van der Waals surface area contributed by atoms with Crippen LogP contribution in [-0.4, -0.2) is 18.0 Å².